The van der Waals surface area contributed by atoms with Gasteiger partial charge in [-0.05, 0) is 19.4 Å². The van der Waals surface area contributed by atoms with Crippen molar-refractivity contribution in [1.29, 1.82) is 0 Å². The number of hydrogen-bond acceptors (Lipinski definition) is 6. The summed E-state index contributed by atoms with van der Waals surface area (Å²) in [5.74, 6) is 0.504. The molecule has 5 N–H and O–H groups in total. The van der Waals surface area contributed by atoms with Crippen molar-refractivity contribution in [3.05, 3.63) is 12.0 Å². The molecule has 1 saturated heterocycles. The summed E-state index contributed by atoms with van der Waals surface area (Å²) in [6, 6.07) is 0.249. The molecule has 1 unspecified atom stereocenters. The van der Waals surface area contributed by atoms with Crippen LogP contribution < -0.4 is 16.8 Å². The molecule has 0 bridgehead atoms. The molecule has 0 saturated carbocycles. The Labute approximate surface area is 91.9 Å². The zero-order valence-corrected chi connectivity index (χ0v) is 8.72. The summed E-state index contributed by atoms with van der Waals surface area (Å²) < 4.78 is 1.66. The Balaban J connectivity index is 2.18. The number of hydrogen-bond donors (Lipinski definition) is 3. The lowest BCUT2D eigenvalue weighted by Gasteiger charge is -2.07. The third-order valence-corrected chi connectivity index (χ3v) is 2.86. The largest absolute Gasteiger partial charge is 0.369 e. The molecule has 0 aromatic carbocycles. The molecule has 7 nitrogen and oxygen atoms in total. The van der Waals surface area contributed by atoms with E-state index in [-0.39, 0.29) is 12.0 Å². The fourth-order valence-electron chi connectivity index (χ4n) is 2.10. The van der Waals surface area contributed by atoms with Crippen LogP contribution in [0.5, 0.6) is 0 Å². The van der Waals surface area contributed by atoms with E-state index in [2.05, 4.69) is 20.3 Å². The highest BCUT2D eigenvalue weighted by Crippen LogP contribution is 2.25. The summed E-state index contributed by atoms with van der Waals surface area (Å²) in [4.78, 5) is 12.4. The van der Waals surface area contributed by atoms with Crippen molar-refractivity contribution < 1.29 is 0 Å². The van der Waals surface area contributed by atoms with E-state index >= 15 is 0 Å². The Bertz CT molecular complexity index is 526. The maximum atomic E-state index is 5.74. The van der Waals surface area contributed by atoms with Gasteiger partial charge >= 0.3 is 0 Å². The average molecular weight is 219 g/mol. The number of nitrogen functional groups attached to an aromatic ring is 2. The number of aromatic nitrogens is 4. The number of nitrogens with one attached hydrogen (secondary N) is 1. The zero-order chi connectivity index (χ0) is 11.1. The van der Waals surface area contributed by atoms with Crippen molar-refractivity contribution in [3.8, 4) is 0 Å². The van der Waals surface area contributed by atoms with Crippen LogP contribution >= 0.6 is 0 Å². The van der Waals surface area contributed by atoms with E-state index < -0.39 is 0 Å². The average Bonchev–Trinajstić information content (AvgIpc) is 2.83. The first-order valence-electron chi connectivity index (χ1n) is 5.25. The lowest BCUT2D eigenvalue weighted by atomic mass is 10.2. The van der Waals surface area contributed by atoms with E-state index in [4.69, 9.17) is 11.5 Å². The number of imidazole rings is 1. The Kier molecular flexibility index (Phi) is 1.93. The van der Waals surface area contributed by atoms with E-state index in [1.165, 1.54) is 0 Å². The van der Waals surface area contributed by atoms with E-state index in [9.17, 15) is 0 Å². The summed E-state index contributed by atoms with van der Waals surface area (Å²) in [5, 5.41) is 3.37. The number of nitrogens with zero attached hydrogens (tertiary/aromatic N) is 4. The van der Waals surface area contributed by atoms with Gasteiger partial charge in [-0.1, -0.05) is 0 Å². The third-order valence-electron chi connectivity index (χ3n) is 2.86. The van der Waals surface area contributed by atoms with Crippen LogP contribution in [0, 0.1) is 0 Å². The van der Waals surface area contributed by atoms with Crippen LogP contribution in [0.25, 0.3) is 5.65 Å². The molecular formula is C9H13N7. The summed E-state index contributed by atoms with van der Waals surface area (Å²) in [7, 11) is 0. The van der Waals surface area contributed by atoms with Gasteiger partial charge < -0.3 is 16.8 Å². The van der Waals surface area contributed by atoms with Gasteiger partial charge in [0.05, 0.1) is 6.04 Å². The van der Waals surface area contributed by atoms with Crippen molar-refractivity contribution in [2.24, 2.45) is 0 Å². The predicted octanol–water partition coefficient (Wildman–Crippen LogP) is -0.287. The first-order chi connectivity index (χ1) is 7.75. The standard InChI is InChI=1S/C9H13N7/c10-8-14-7-6(5-2-1-3-12-5)13-4-16(7)9(11)15-8/h4-5,12H,1-3H2,(H4,10,11,14,15). The second-order valence-corrected chi connectivity index (χ2v) is 3.91. The van der Waals surface area contributed by atoms with Gasteiger partial charge in [0.2, 0.25) is 11.9 Å². The summed E-state index contributed by atoms with van der Waals surface area (Å²) in [6.45, 7) is 1.01. The van der Waals surface area contributed by atoms with Crippen LogP contribution in [-0.4, -0.2) is 25.9 Å². The quantitative estimate of drug-likeness (QED) is 0.608. The molecular weight excluding hydrogens is 206 g/mol. The molecule has 2 aromatic rings. The topological polar surface area (TPSA) is 107 Å². The molecule has 1 aliphatic heterocycles. The normalized spacial score (nSPS) is 20.6. The van der Waals surface area contributed by atoms with Crippen LogP contribution in [0.2, 0.25) is 0 Å². The van der Waals surface area contributed by atoms with Gasteiger partial charge in [0.1, 0.15) is 12.0 Å². The highest BCUT2D eigenvalue weighted by atomic mass is 15.2. The van der Waals surface area contributed by atoms with Crippen molar-refractivity contribution in [2.45, 2.75) is 18.9 Å². The van der Waals surface area contributed by atoms with E-state index in [0.29, 0.717) is 11.6 Å². The number of rotatable bonds is 1. The predicted molar refractivity (Wildman–Crippen MR) is 59.6 cm³/mol. The van der Waals surface area contributed by atoms with Crippen LogP contribution in [-0.2, 0) is 0 Å². The van der Waals surface area contributed by atoms with Gasteiger partial charge in [-0.3, -0.25) is 4.40 Å². The first kappa shape index (κ1) is 9.34. The second kappa shape index (κ2) is 3.31. The molecule has 3 rings (SSSR count). The van der Waals surface area contributed by atoms with Gasteiger partial charge in [-0.25, -0.2) is 4.98 Å². The maximum Gasteiger partial charge on any atom is 0.225 e. The van der Waals surface area contributed by atoms with Crippen LogP contribution in [0.15, 0.2) is 6.33 Å². The summed E-state index contributed by atoms with van der Waals surface area (Å²) in [6.07, 6.45) is 3.86. The SMILES string of the molecule is Nc1nc(N)n2cnc(C3CCCN3)c2n1. The summed E-state index contributed by atoms with van der Waals surface area (Å²) >= 11 is 0. The fourth-order valence-corrected chi connectivity index (χ4v) is 2.10. The first-order valence-corrected chi connectivity index (χ1v) is 5.25. The van der Waals surface area contributed by atoms with Gasteiger partial charge in [-0.15, -0.1) is 0 Å². The maximum absolute atomic E-state index is 5.74. The minimum atomic E-state index is 0.185. The fraction of sp³-hybridized carbons (Fsp3) is 0.444. The van der Waals surface area contributed by atoms with Crippen LogP contribution in [0.4, 0.5) is 11.9 Å². The second-order valence-electron chi connectivity index (χ2n) is 3.91. The Morgan fingerprint density at radius 3 is 3.00 bits per heavy atom. The summed E-state index contributed by atoms with van der Waals surface area (Å²) in [5.41, 5.74) is 12.9. The Morgan fingerprint density at radius 1 is 1.38 bits per heavy atom. The van der Waals surface area contributed by atoms with E-state index in [0.717, 1.165) is 25.1 Å². The zero-order valence-electron chi connectivity index (χ0n) is 8.72. The molecule has 0 aliphatic carbocycles. The number of nitrogens with two attached hydrogens (primary N) is 2. The molecule has 16 heavy (non-hydrogen) atoms. The van der Waals surface area contributed by atoms with Crippen molar-refractivity contribution >= 4 is 17.5 Å². The van der Waals surface area contributed by atoms with Gasteiger partial charge in [0.25, 0.3) is 0 Å². The van der Waals surface area contributed by atoms with Crippen molar-refractivity contribution in [3.63, 3.8) is 0 Å². The van der Waals surface area contributed by atoms with E-state index in [1.54, 1.807) is 10.7 Å². The van der Waals surface area contributed by atoms with Crippen molar-refractivity contribution in [2.75, 3.05) is 18.0 Å². The van der Waals surface area contributed by atoms with Crippen molar-refractivity contribution in [1.82, 2.24) is 24.7 Å². The molecule has 0 radical (unpaired) electrons. The van der Waals surface area contributed by atoms with Crippen LogP contribution in [0.3, 0.4) is 0 Å². The van der Waals surface area contributed by atoms with Gasteiger partial charge in [-0.2, -0.15) is 9.97 Å². The molecule has 0 spiro atoms. The monoisotopic (exact) mass is 219 g/mol. The smallest absolute Gasteiger partial charge is 0.225 e. The molecule has 1 aliphatic rings. The lowest BCUT2D eigenvalue weighted by Crippen LogP contribution is -2.14. The number of fused-ring (bicyclic) bond motifs is 1. The minimum Gasteiger partial charge on any atom is -0.369 e. The third kappa shape index (κ3) is 1.28. The molecule has 84 valence electrons. The van der Waals surface area contributed by atoms with Gasteiger partial charge in [0, 0.05) is 0 Å². The minimum absolute atomic E-state index is 0.185. The molecule has 1 atom stereocenters. The molecule has 1 fully saturated rings. The molecule has 7 heteroatoms. The Hall–Kier alpha value is -1.89. The highest BCUT2D eigenvalue weighted by molar-refractivity contribution is 5.52. The van der Waals surface area contributed by atoms with E-state index in [1.807, 2.05) is 0 Å². The van der Waals surface area contributed by atoms with Crippen LogP contribution in [0.1, 0.15) is 24.6 Å². The molecule has 3 heterocycles. The number of anilines is 2. The van der Waals surface area contributed by atoms with Gasteiger partial charge in [0.15, 0.2) is 5.65 Å². The lowest BCUT2D eigenvalue weighted by molar-refractivity contribution is 0.635. The molecule has 2 aromatic heterocycles. The molecule has 0 amide bonds. The highest BCUT2D eigenvalue weighted by Gasteiger charge is 2.22. The Morgan fingerprint density at radius 2 is 2.25 bits per heavy atom.